The van der Waals surface area contributed by atoms with Crippen LogP contribution in [0.3, 0.4) is 0 Å². The van der Waals surface area contributed by atoms with Gasteiger partial charge >= 0.3 is 5.63 Å². The molecule has 1 aromatic heterocycles. The number of nitrogens with one attached hydrogen (secondary N) is 1. The molecule has 1 N–H and O–H groups in total. The van der Waals surface area contributed by atoms with E-state index in [9.17, 15) is 4.79 Å². The van der Waals surface area contributed by atoms with E-state index in [0.717, 1.165) is 48.6 Å². The van der Waals surface area contributed by atoms with Crippen LogP contribution in [-0.4, -0.2) is 46.6 Å². The van der Waals surface area contributed by atoms with Gasteiger partial charge in [0.15, 0.2) is 0 Å². The van der Waals surface area contributed by atoms with Crippen LogP contribution in [0.4, 0.5) is 0 Å². The van der Waals surface area contributed by atoms with Gasteiger partial charge in [0.1, 0.15) is 28.4 Å². The average Bonchev–Trinajstić information content (AvgIpc) is 2.80. The largest absolute Gasteiger partial charge is 0.497 e. The van der Waals surface area contributed by atoms with Gasteiger partial charge in [-0.1, -0.05) is 0 Å². The summed E-state index contributed by atoms with van der Waals surface area (Å²) in [5, 5.41) is 4.42. The van der Waals surface area contributed by atoms with Gasteiger partial charge in [-0.05, 0) is 49.2 Å². The lowest BCUT2D eigenvalue weighted by Crippen LogP contribution is -2.39. The molecule has 0 aliphatic carbocycles. The Bertz CT molecular complexity index is 1140. The van der Waals surface area contributed by atoms with E-state index in [1.54, 1.807) is 19.2 Å². The molecule has 7 heteroatoms. The summed E-state index contributed by atoms with van der Waals surface area (Å²) in [5.41, 5.74) is 2.32. The van der Waals surface area contributed by atoms with Crippen LogP contribution in [0, 0.1) is 13.8 Å². The maximum absolute atomic E-state index is 12.8. The molecule has 2 heterocycles. The van der Waals surface area contributed by atoms with Gasteiger partial charge in [-0.3, -0.25) is 0 Å². The van der Waals surface area contributed by atoms with Gasteiger partial charge in [0, 0.05) is 36.5 Å². The van der Waals surface area contributed by atoms with Gasteiger partial charge < -0.3 is 28.7 Å². The number of methoxy groups -OCH3 is 2. The predicted molar refractivity (Wildman–Crippen MR) is 123 cm³/mol. The number of rotatable bonds is 7. The van der Waals surface area contributed by atoms with Crippen molar-refractivity contribution < 1.29 is 23.4 Å². The number of morpholine rings is 1. The van der Waals surface area contributed by atoms with Crippen LogP contribution >= 0.6 is 0 Å². The van der Waals surface area contributed by atoms with Crippen molar-refractivity contribution in [1.29, 1.82) is 0 Å². The molecular weight excluding hydrogens is 410 g/mol. The zero-order chi connectivity index (χ0) is 22.7. The van der Waals surface area contributed by atoms with Crippen LogP contribution in [0.2, 0.25) is 0 Å². The Morgan fingerprint density at radius 3 is 2.50 bits per heavy atom. The van der Waals surface area contributed by atoms with Crippen LogP contribution < -0.4 is 25.2 Å². The minimum atomic E-state index is -0.450. The van der Waals surface area contributed by atoms with Crippen molar-refractivity contribution in [3.8, 4) is 28.6 Å². The fourth-order valence-electron chi connectivity index (χ4n) is 4.10. The van der Waals surface area contributed by atoms with Crippen LogP contribution in [0.25, 0.3) is 22.1 Å². The van der Waals surface area contributed by atoms with Crippen LogP contribution in [-0.2, 0) is 4.74 Å². The smallest absolute Gasteiger partial charge is 0.347 e. The molecule has 1 fully saturated rings. The summed E-state index contributed by atoms with van der Waals surface area (Å²) in [6.45, 7) is 7.08. The third kappa shape index (κ3) is 4.59. The zero-order valence-electron chi connectivity index (χ0n) is 18.9. The van der Waals surface area contributed by atoms with Gasteiger partial charge in [0.2, 0.25) is 0 Å². The van der Waals surface area contributed by atoms with Crippen molar-refractivity contribution in [2.75, 3.05) is 40.5 Å². The van der Waals surface area contributed by atoms with Gasteiger partial charge in [0.05, 0.1) is 33.5 Å². The molecule has 2 aromatic carbocycles. The van der Waals surface area contributed by atoms with Crippen molar-refractivity contribution in [3.63, 3.8) is 0 Å². The normalized spacial score (nSPS) is 16.2. The Balaban J connectivity index is 1.61. The summed E-state index contributed by atoms with van der Waals surface area (Å²) in [4.78, 5) is 12.8. The highest BCUT2D eigenvalue weighted by Gasteiger charge is 2.17. The number of hydrogen-bond acceptors (Lipinski definition) is 7. The second-order valence-electron chi connectivity index (χ2n) is 7.97. The van der Waals surface area contributed by atoms with Crippen molar-refractivity contribution in [2.24, 2.45) is 0 Å². The predicted octanol–water partition coefficient (Wildman–Crippen LogP) is 3.85. The molecule has 4 rings (SSSR count). The third-order valence-corrected chi connectivity index (χ3v) is 5.69. The molecule has 3 aromatic rings. The van der Waals surface area contributed by atoms with Crippen molar-refractivity contribution >= 4 is 10.8 Å². The first-order valence-electron chi connectivity index (χ1n) is 10.8. The topological polar surface area (TPSA) is 79.2 Å². The highest BCUT2D eigenvalue weighted by molar-refractivity contribution is 5.90. The maximum atomic E-state index is 12.8. The van der Waals surface area contributed by atoms with E-state index in [1.807, 2.05) is 32.0 Å². The zero-order valence-corrected chi connectivity index (χ0v) is 18.9. The molecule has 32 heavy (non-hydrogen) atoms. The number of benzene rings is 2. The second-order valence-corrected chi connectivity index (χ2v) is 7.97. The number of aryl methyl sites for hydroxylation is 2. The Hall–Kier alpha value is -3.03. The van der Waals surface area contributed by atoms with Crippen molar-refractivity contribution in [3.05, 3.63) is 51.9 Å². The highest BCUT2D eigenvalue weighted by Crippen LogP contribution is 2.34. The summed E-state index contributed by atoms with van der Waals surface area (Å²) < 4.78 is 28.2. The minimum Gasteiger partial charge on any atom is -0.497 e. The fourth-order valence-corrected chi connectivity index (χ4v) is 4.10. The minimum absolute atomic E-state index is 0.185. The SMILES string of the molecule is COc1cc(OC)c2c(=O)oc(-c3cc(C)c(OCCC4CNCCO4)c(C)c3)cc2c1. The van der Waals surface area contributed by atoms with E-state index in [-0.39, 0.29) is 6.10 Å². The monoisotopic (exact) mass is 439 g/mol. The van der Waals surface area contributed by atoms with E-state index in [1.165, 1.54) is 7.11 Å². The molecule has 1 saturated heterocycles. The lowest BCUT2D eigenvalue weighted by molar-refractivity contribution is 0.0158. The molecule has 0 amide bonds. The molecule has 170 valence electrons. The molecule has 1 aliphatic heterocycles. The van der Waals surface area contributed by atoms with Gasteiger partial charge in [-0.2, -0.15) is 0 Å². The first-order valence-corrected chi connectivity index (χ1v) is 10.8. The number of fused-ring (bicyclic) bond motifs is 1. The summed E-state index contributed by atoms with van der Waals surface area (Å²) in [5.74, 6) is 2.37. The molecule has 0 radical (unpaired) electrons. The third-order valence-electron chi connectivity index (χ3n) is 5.69. The van der Waals surface area contributed by atoms with E-state index in [0.29, 0.717) is 34.6 Å². The maximum Gasteiger partial charge on any atom is 0.347 e. The van der Waals surface area contributed by atoms with Crippen molar-refractivity contribution in [2.45, 2.75) is 26.4 Å². The van der Waals surface area contributed by atoms with Gasteiger partial charge in [0.25, 0.3) is 0 Å². The van der Waals surface area contributed by atoms with Crippen LogP contribution in [0.1, 0.15) is 17.5 Å². The molecule has 0 bridgehead atoms. The summed E-state index contributed by atoms with van der Waals surface area (Å²) in [6, 6.07) is 9.26. The lowest BCUT2D eigenvalue weighted by Gasteiger charge is -2.24. The first-order chi connectivity index (χ1) is 15.5. The van der Waals surface area contributed by atoms with Crippen LogP contribution in [0.15, 0.2) is 39.5 Å². The van der Waals surface area contributed by atoms with Gasteiger partial charge in [-0.15, -0.1) is 0 Å². The van der Waals surface area contributed by atoms with E-state index >= 15 is 0 Å². The van der Waals surface area contributed by atoms with Crippen LogP contribution in [0.5, 0.6) is 17.2 Å². The second kappa shape index (κ2) is 9.63. The summed E-state index contributed by atoms with van der Waals surface area (Å²) in [6.07, 6.45) is 1.01. The van der Waals surface area contributed by atoms with E-state index < -0.39 is 5.63 Å². The Morgan fingerprint density at radius 2 is 1.84 bits per heavy atom. The van der Waals surface area contributed by atoms with Gasteiger partial charge in [-0.25, -0.2) is 4.79 Å². The lowest BCUT2D eigenvalue weighted by atomic mass is 10.0. The molecule has 0 spiro atoms. The Labute approximate surface area is 187 Å². The molecule has 0 saturated carbocycles. The molecular formula is C25H29NO6. The van der Waals surface area contributed by atoms with E-state index in [4.69, 9.17) is 23.4 Å². The van der Waals surface area contributed by atoms with E-state index in [2.05, 4.69) is 5.32 Å². The number of hydrogen-bond donors (Lipinski definition) is 1. The quantitative estimate of drug-likeness (QED) is 0.599. The Kier molecular flexibility index (Phi) is 6.67. The Morgan fingerprint density at radius 1 is 1.06 bits per heavy atom. The molecule has 1 aliphatic rings. The molecule has 1 atom stereocenters. The summed E-state index contributed by atoms with van der Waals surface area (Å²) in [7, 11) is 3.10. The first kappa shape index (κ1) is 22.2. The molecule has 1 unspecified atom stereocenters. The van der Waals surface area contributed by atoms with Crippen molar-refractivity contribution in [1.82, 2.24) is 5.32 Å². The fraction of sp³-hybridized carbons (Fsp3) is 0.400. The molecule has 7 nitrogen and oxygen atoms in total. The average molecular weight is 440 g/mol. The number of ether oxygens (including phenoxy) is 4. The standard InChI is InChI=1S/C25H29NO6/c1-15-9-17(10-16(2)24(15)31-7-5-19-14-26-6-8-30-19)21-12-18-11-20(28-3)13-22(29-4)23(18)25(27)32-21/h9-13,19,26H,5-8,14H2,1-4H3. The summed E-state index contributed by atoms with van der Waals surface area (Å²) >= 11 is 0. The highest BCUT2D eigenvalue weighted by atomic mass is 16.5.